The monoisotopic (exact) mass is 259 g/mol. The smallest absolute Gasteiger partial charge is 0.122 e. The Balaban J connectivity index is 1.96. The number of ether oxygens (including phenoxy) is 1. The van der Waals surface area contributed by atoms with E-state index >= 15 is 0 Å². The first-order chi connectivity index (χ1) is 8.78. The van der Waals surface area contributed by atoms with Gasteiger partial charge >= 0.3 is 0 Å². The normalized spacial score (nSPS) is 15.2. The average Bonchev–Trinajstić information content (AvgIpc) is 2.99. The summed E-state index contributed by atoms with van der Waals surface area (Å²) in [6.45, 7) is 2.97. The second-order valence-corrected chi connectivity index (χ2v) is 5.79. The van der Waals surface area contributed by atoms with Crippen LogP contribution < -0.4 is 10.1 Å². The topological polar surface area (TPSA) is 21.3 Å². The van der Waals surface area contributed by atoms with Crippen LogP contribution in [0.3, 0.4) is 0 Å². The van der Waals surface area contributed by atoms with E-state index in [0.717, 1.165) is 18.8 Å². The maximum absolute atomic E-state index is 5.56. The lowest BCUT2D eigenvalue weighted by Crippen LogP contribution is -2.17. The van der Waals surface area contributed by atoms with Crippen LogP contribution in [0.4, 0.5) is 0 Å². The third kappa shape index (κ3) is 2.04. The minimum absolute atomic E-state index is 0.279. The molecule has 1 aliphatic rings. The maximum atomic E-state index is 5.56. The zero-order valence-corrected chi connectivity index (χ0v) is 11.5. The van der Waals surface area contributed by atoms with E-state index in [1.54, 1.807) is 11.3 Å². The second kappa shape index (κ2) is 4.75. The molecule has 2 nitrogen and oxygen atoms in total. The van der Waals surface area contributed by atoms with Crippen molar-refractivity contribution in [2.24, 2.45) is 0 Å². The molecular formula is C15H17NOS. The molecule has 1 unspecified atom stereocenters. The minimum atomic E-state index is 0.279. The van der Waals surface area contributed by atoms with Gasteiger partial charge in [0.1, 0.15) is 5.75 Å². The van der Waals surface area contributed by atoms with E-state index in [0.29, 0.717) is 0 Å². The van der Waals surface area contributed by atoms with Gasteiger partial charge in [0, 0.05) is 11.3 Å². The molecule has 0 amide bonds. The van der Waals surface area contributed by atoms with Crippen molar-refractivity contribution in [1.82, 2.24) is 5.32 Å². The van der Waals surface area contributed by atoms with Crippen LogP contribution in [0, 0.1) is 6.92 Å². The van der Waals surface area contributed by atoms with Crippen LogP contribution in [0.25, 0.3) is 0 Å². The molecule has 3 heteroatoms. The Bertz CT molecular complexity index is 561. The van der Waals surface area contributed by atoms with Crippen molar-refractivity contribution in [3.8, 4) is 5.75 Å². The van der Waals surface area contributed by atoms with E-state index in [1.165, 1.54) is 21.6 Å². The van der Waals surface area contributed by atoms with Gasteiger partial charge in [-0.2, -0.15) is 0 Å². The number of hydrogen-bond acceptors (Lipinski definition) is 3. The third-order valence-electron chi connectivity index (χ3n) is 3.42. The lowest BCUT2D eigenvalue weighted by Gasteiger charge is -2.16. The molecule has 0 bridgehead atoms. The van der Waals surface area contributed by atoms with Gasteiger partial charge in [0.05, 0.1) is 12.6 Å². The molecule has 3 rings (SSSR count). The molecule has 94 valence electrons. The van der Waals surface area contributed by atoms with Crippen LogP contribution in [0.5, 0.6) is 5.75 Å². The largest absolute Gasteiger partial charge is 0.493 e. The van der Waals surface area contributed by atoms with Gasteiger partial charge in [-0.3, -0.25) is 0 Å². The Kier molecular flexibility index (Phi) is 3.10. The van der Waals surface area contributed by atoms with Crippen LogP contribution in [0.2, 0.25) is 0 Å². The van der Waals surface area contributed by atoms with Crippen molar-refractivity contribution in [2.45, 2.75) is 19.4 Å². The molecule has 18 heavy (non-hydrogen) atoms. The lowest BCUT2D eigenvalue weighted by atomic mass is 9.98. The number of aryl methyl sites for hydroxylation is 1. The summed E-state index contributed by atoms with van der Waals surface area (Å²) in [5, 5.41) is 5.64. The number of rotatable bonds is 3. The summed E-state index contributed by atoms with van der Waals surface area (Å²) < 4.78 is 5.56. The van der Waals surface area contributed by atoms with E-state index in [9.17, 15) is 0 Å². The van der Waals surface area contributed by atoms with Crippen molar-refractivity contribution < 1.29 is 4.74 Å². The molecule has 2 heterocycles. The number of benzene rings is 1. The third-order valence-corrected chi connectivity index (χ3v) is 4.30. The Morgan fingerprint density at radius 1 is 1.28 bits per heavy atom. The highest BCUT2D eigenvalue weighted by atomic mass is 32.1. The first-order valence-corrected chi connectivity index (χ1v) is 7.14. The molecule has 0 saturated carbocycles. The fourth-order valence-electron chi connectivity index (χ4n) is 2.53. The lowest BCUT2D eigenvalue weighted by molar-refractivity contribution is 0.357. The van der Waals surface area contributed by atoms with Gasteiger partial charge in [-0.05, 0) is 48.2 Å². The number of thiophene rings is 1. The Labute approximate surface area is 112 Å². The number of fused-ring (bicyclic) bond motifs is 1. The SMILES string of the molecule is CNC(c1csc(C)c1)c1ccc2c(c1)CCO2. The van der Waals surface area contributed by atoms with Gasteiger partial charge in [-0.25, -0.2) is 0 Å². The van der Waals surface area contributed by atoms with Crippen molar-refractivity contribution in [3.05, 3.63) is 51.2 Å². The summed E-state index contributed by atoms with van der Waals surface area (Å²) >= 11 is 1.80. The molecule has 1 aromatic carbocycles. The van der Waals surface area contributed by atoms with Gasteiger partial charge in [-0.1, -0.05) is 12.1 Å². The van der Waals surface area contributed by atoms with E-state index in [2.05, 4.69) is 41.9 Å². The minimum Gasteiger partial charge on any atom is -0.493 e. The van der Waals surface area contributed by atoms with E-state index in [4.69, 9.17) is 4.74 Å². The summed E-state index contributed by atoms with van der Waals surface area (Å²) in [7, 11) is 2.02. The summed E-state index contributed by atoms with van der Waals surface area (Å²) in [6, 6.07) is 9.08. The molecule has 1 N–H and O–H groups in total. The highest BCUT2D eigenvalue weighted by molar-refractivity contribution is 7.10. The second-order valence-electron chi connectivity index (χ2n) is 4.68. The summed E-state index contributed by atoms with van der Waals surface area (Å²) in [5.74, 6) is 1.05. The zero-order valence-electron chi connectivity index (χ0n) is 10.7. The average molecular weight is 259 g/mol. The Hall–Kier alpha value is -1.32. The Morgan fingerprint density at radius 3 is 2.89 bits per heavy atom. The summed E-state index contributed by atoms with van der Waals surface area (Å²) in [6.07, 6.45) is 1.03. The van der Waals surface area contributed by atoms with E-state index in [1.807, 2.05) is 7.05 Å². The van der Waals surface area contributed by atoms with Crippen LogP contribution in [0.15, 0.2) is 29.6 Å². The predicted molar refractivity (Wildman–Crippen MR) is 75.6 cm³/mol. The van der Waals surface area contributed by atoms with Crippen LogP contribution in [-0.2, 0) is 6.42 Å². The van der Waals surface area contributed by atoms with Gasteiger partial charge < -0.3 is 10.1 Å². The molecular weight excluding hydrogens is 242 g/mol. The highest BCUT2D eigenvalue weighted by Crippen LogP contribution is 2.31. The van der Waals surface area contributed by atoms with Crippen LogP contribution >= 0.6 is 11.3 Å². The van der Waals surface area contributed by atoms with Crippen LogP contribution in [0.1, 0.15) is 27.6 Å². The highest BCUT2D eigenvalue weighted by Gasteiger charge is 2.17. The van der Waals surface area contributed by atoms with Crippen molar-refractivity contribution in [2.75, 3.05) is 13.7 Å². The predicted octanol–water partition coefficient (Wildman–Crippen LogP) is 3.30. The zero-order chi connectivity index (χ0) is 12.5. The molecule has 0 spiro atoms. The number of nitrogens with one attached hydrogen (secondary N) is 1. The standard InChI is InChI=1S/C15H17NOS/c1-10-7-13(9-18-10)15(16-2)12-3-4-14-11(8-12)5-6-17-14/h3-4,7-9,15-16H,5-6H2,1-2H3. The molecule has 0 fully saturated rings. The van der Waals surface area contributed by atoms with Gasteiger partial charge in [-0.15, -0.1) is 11.3 Å². The fraction of sp³-hybridized carbons (Fsp3) is 0.333. The van der Waals surface area contributed by atoms with Gasteiger partial charge in [0.25, 0.3) is 0 Å². The molecule has 1 aliphatic heterocycles. The summed E-state index contributed by atoms with van der Waals surface area (Å²) in [5.41, 5.74) is 4.00. The van der Waals surface area contributed by atoms with Crippen molar-refractivity contribution in [1.29, 1.82) is 0 Å². The molecule has 1 atom stereocenters. The van der Waals surface area contributed by atoms with E-state index in [-0.39, 0.29) is 6.04 Å². The molecule has 0 saturated heterocycles. The molecule has 2 aromatic rings. The number of hydrogen-bond donors (Lipinski definition) is 1. The maximum Gasteiger partial charge on any atom is 0.122 e. The quantitative estimate of drug-likeness (QED) is 0.913. The summed E-state index contributed by atoms with van der Waals surface area (Å²) in [4.78, 5) is 1.36. The van der Waals surface area contributed by atoms with Gasteiger partial charge in [0.15, 0.2) is 0 Å². The molecule has 0 aliphatic carbocycles. The van der Waals surface area contributed by atoms with Crippen LogP contribution in [-0.4, -0.2) is 13.7 Å². The first kappa shape index (κ1) is 11.8. The van der Waals surface area contributed by atoms with Crippen molar-refractivity contribution in [3.63, 3.8) is 0 Å². The fourth-order valence-corrected chi connectivity index (χ4v) is 3.26. The van der Waals surface area contributed by atoms with Gasteiger partial charge in [0.2, 0.25) is 0 Å². The Morgan fingerprint density at radius 2 is 2.17 bits per heavy atom. The van der Waals surface area contributed by atoms with E-state index < -0.39 is 0 Å². The molecule has 0 radical (unpaired) electrons. The molecule has 1 aromatic heterocycles. The van der Waals surface area contributed by atoms with Crippen molar-refractivity contribution >= 4 is 11.3 Å². The first-order valence-electron chi connectivity index (χ1n) is 6.26.